The summed E-state index contributed by atoms with van der Waals surface area (Å²) in [5.74, 6) is 0. The number of anilines is 1. The molecule has 1 aromatic carbocycles. The number of para-hydroxylation sites is 2. The normalized spacial score (nSPS) is 11.2. The SMILES string of the molecule is CC(C)(C)OC(=O)NC/C=C/CNc1ccccc1[N+](=O)[O-]. The Hall–Kier alpha value is -2.57. The second-order valence-corrected chi connectivity index (χ2v) is 5.51. The van der Waals surface area contributed by atoms with Crippen LogP contribution in [0.1, 0.15) is 20.8 Å². The highest BCUT2D eigenvalue weighted by molar-refractivity contribution is 5.67. The molecule has 1 rings (SSSR count). The lowest BCUT2D eigenvalue weighted by Crippen LogP contribution is -2.32. The Balaban J connectivity index is 2.33. The molecule has 22 heavy (non-hydrogen) atoms. The van der Waals surface area contributed by atoms with Gasteiger partial charge in [-0.2, -0.15) is 0 Å². The lowest BCUT2D eigenvalue weighted by Gasteiger charge is -2.19. The predicted octanol–water partition coefficient (Wildman–Crippen LogP) is 3.09. The molecule has 0 bridgehead atoms. The minimum absolute atomic E-state index is 0.0304. The van der Waals surface area contributed by atoms with Crippen molar-refractivity contribution in [2.75, 3.05) is 18.4 Å². The van der Waals surface area contributed by atoms with Crippen molar-refractivity contribution in [3.8, 4) is 0 Å². The summed E-state index contributed by atoms with van der Waals surface area (Å²) in [5, 5.41) is 16.4. The molecule has 0 aliphatic heterocycles. The van der Waals surface area contributed by atoms with Crippen molar-refractivity contribution in [3.63, 3.8) is 0 Å². The maximum Gasteiger partial charge on any atom is 0.407 e. The Morgan fingerprint density at radius 2 is 1.91 bits per heavy atom. The third-order valence-corrected chi connectivity index (χ3v) is 2.44. The summed E-state index contributed by atoms with van der Waals surface area (Å²) in [5.41, 5.74) is -0.0401. The number of nitro groups is 1. The van der Waals surface area contributed by atoms with E-state index in [1.165, 1.54) is 6.07 Å². The standard InChI is InChI=1S/C15H21N3O4/c1-15(2,3)22-14(19)17-11-7-6-10-16-12-8-4-5-9-13(12)18(20)21/h4-9,16H,10-11H2,1-3H3,(H,17,19)/b7-6+. The van der Waals surface area contributed by atoms with Gasteiger partial charge in [0, 0.05) is 19.2 Å². The molecule has 1 amide bonds. The second kappa shape index (κ2) is 8.02. The third-order valence-electron chi connectivity index (χ3n) is 2.44. The van der Waals surface area contributed by atoms with E-state index in [1.54, 1.807) is 51.1 Å². The number of benzene rings is 1. The van der Waals surface area contributed by atoms with E-state index in [2.05, 4.69) is 10.6 Å². The van der Waals surface area contributed by atoms with Crippen molar-refractivity contribution in [2.45, 2.75) is 26.4 Å². The molecular weight excluding hydrogens is 286 g/mol. The molecule has 0 aliphatic rings. The van der Waals surface area contributed by atoms with Gasteiger partial charge >= 0.3 is 6.09 Å². The van der Waals surface area contributed by atoms with Gasteiger partial charge in [0.2, 0.25) is 0 Å². The number of carbonyl (C=O) groups is 1. The number of ether oxygens (including phenoxy) is 1. The number of nitrogens with one attached hydrogen (secondary N) is 2. The summed E-state index contributed by atoms with van der Waals surface area (Å²) >= 11 is 0. The average Bonchev–Trinajstić information content (AvgIpc) is 2.41. The lowest BCUT2D eigenvalue weighted by atomic mass is 10.2. The van der Waals surface area contributed by atoms with Gasteiger partial charge in [-0.25, -0.2) is 4.79 Å². The van der Waals surface area contributed by atoms with Crippen LogP contribution in [0.15, 0.2) is 36.4 Å². The fourth-order valence-corrected chi connectivity index (χ4v) is 1.57. The van der Waals surface area contributed by atoms with E-state index in [1.807, 2.05) is 0 Å². The van der Waals surface area contributed by atoms with Crippen LogP contribution in [0.3, 0.4) is 0 Å². The fourth-order valence-electron chi connectivity index (χ4n) is 1.57. The van der Waals surface area contributed by atoms with Gasteiger partial charge in [-0.15, -0.1) is 0 Å². The van der Waals surface area contributed by atoms with E-state index in [0.29, 0.717) is 18.8 Å². The topological polar surface area (TPSA) is 93.5 Å². The molecule has 0 radical (unpaired) electrons. The molecule has 120 valence electrons. The second-order valence-electron chi connectivity index (χ2n) is 5.51. The fraction of sp³-hybridized carbons (Fsp3) is 0.400. The van der Waals surface area contributed by atoms with E-state index < -0.39 is 16.6 Å². The molecule has 2 N–H and O–H groups in total. The van der Waals surface area contributed by atoms with Crippen molar-refractivity contribution in [1.29, 1.82) is 0 Å². The molecule has 7 nitrogen and oxygen atoms in total. The summed E-state index contributed by atoms with van der Waals surface area (Å²) < 4.78 is 5.08. The van der Waals surface area contributed by atoms with Crippen molar-refractivity contribution in [3.05, 3.63) is 46.5 Å². The molecule has 0 unspecified atom stereocenters. The summed E-state index contributed by atoms with van der Waals surface area (Å²) in [6.07, 6.45) is 3.03. The van der Waals surface area contributed by atoms with E-state index in [-0.39, 0.29) is 5.69 Å². The maximum absolute atomic E-state index is 11.4. The van der Waals surface area contributed by atoms with E-state index >= 15 is 0 Å². The Labute approximate surface area is 129 Å². The first kappa shape index (κ1) is 17.5. The van der Waals surface area contributed by atoms with Crippen molar-refractivity contribution >= 4 is 17.5 Å². The first-order chi connectivity index (χ1) is 10.3. The quantitative estimate of drug-likeness (QED) is 0.478. The number of amides is 1. The maximum atomic E-state index is 11.4. The van der Waals surface area contributed by atoms with Crippen molar-refractivity contribution in [1.82, 2.24) is 5.32 Å². The van der Waals surface area contributed by atoms with Crippen molar-refractivity contribution in [2.24, 2.45) is 0 Å². The average molecular weight is 307 g/mol. The summed E-state index contributed by atoms with van der Waals surface area (Å²) in [4.78, 5) is 21.8. The van der Waals surface area contributed by atoms with E-state index in [0.717, 1.165) is 0 Å². The number of alkyl carbamates (subject to hydrolysis) is 1. The van der Waals surface area contributed by atoms with Crippen LogP contribution in [0, 0.1) is 10.1 Å². The Morgan fingerprint density at radius 3 is 2.55 bits per heavy atom. The van der Waals surface area contributed by atoms with Crippen LogP contribution in [0.4, 0.5) is 16.2 Å². The van der Waals surface area contributed by atoms with Gasteiger partial charge in [-0.05, 0) is 26.8 Å². The Morgan fingerprint density at radius 1 is 1.27 bits per heavy atom. The smallest absolute Gasteiger partial charge is 0.407 e. The molecule has 0 saturated heterocycles. The van der Waals surface area contributed by atoms with Crippen LogP contribution >= 0.6 is 0 Å². The van der Waals surface area contributed by atoms with Crippen LogP contribution in [-0.4, -0.2) is 29.7 Å². The molecule has 0 aromatic heterocycles. The Bertz CT molecular complexity index is 550. The minimum Gasteiger partial charge on any atom is -0.444 e. The van der Waals surface area contributed by atoms with E-state index in [4.69, 9.17) is 4.74 Å². The molecule has 7 heteroatoms. The summed E-state index contributed by atoms with van der Waals surface area (Å²) in [7, 11) is 0. The largest absolute Gasteiger partial charge is 0.444 e. The molecule has 0 spiro atoms. The molecule has 1 aromatic rings. The zero-order valence-electron chi connectivity index (χ0n) is 13.0. The van der Waals surface area contributed by atoms with Gasteiger partial charge in [0.1, 0.15) is 11.3 Å². The van der Waals surface area contributed by atoms with Gasteiger partial charge < -0.3 is 15.4 Å². The lowest BCUT2D eigenvalue weighted by molar-refractivity contribution is -0.383. The van der Waals surface area contributed by atoms with Crippen LogP contribution in [0.2, 0.25) is 0 Å². The first-order valence-electron chi connectivity index (χ1n) is 6.89. The zero-order valence-corrected chi connectivity index (χ0v) is 13.0. The third kappa shape index (κ3) is 6.74. The Kier molecular flexibility index (Phi) is 6.37. The number of hydrogen-bond donors (Lipinski definition) is 2. The number of nitro benzene ring substituents is 1. The number of hydrogen-bond acceptors (Lipinski definition) is 5. The molecule has 0 fully saturated rings. The number of rotatable bonds is 6. The molecule has 0 heterocycles. The highest BCUT2D eigenvalue weighted by Crippen LogP contribution is 2.22. The number of carbonyl (C=O) groups excluding carboxylic acids is 1. The van der Waals surface area contributed by atoms with Crippen LogP contribution < -0.4 is 10.6 Å². The zero-order chi connectivity index (χ0) is 16.6. The summed E-state index contributed by atoms with van der Waals surface area (Å²) in [6, 6.07) is 6.42. The minimum atomic E-state index is -0.526. The van der Waals surface area contributed by atoms with Crippen LogP contribution in [-0.2, 0) is 4.74 Å². The highest BCUT2D eigenvalue weighted by Gasteiger charge is 2.15. The van der Waals surface area contributed by atoms with Crippen molar-refractivity contribution < 1.29 is 14.5 Å². The molecule has 0 atom stereocenters. The molecule has 0 saturated carbocycles. The van der Waals surface area contributed by atoms with Gasteiger partial charge in [0.05, 0.1) is 4.92 Å². The molecular formula is C15H21N3O4. The first-order valence-corrected chi connectivity index (χ1v) is 6.89. The molecule has 0 aliphatic carbocycles. The van der Waals surface area contributed by atoms with E-state index in [9.17, 15) is 14.9 Å². The van der Waals surface area contributed by atoms with Gasteiger partial charge in [0.15, 0.2) is 0 Å². The van der Waals surface area contributed by atoms with Gasteiger partial charge in [-0.1, -0.05) is 24.3 Å². The van der Waals surface area contributed by atoms with Crippen LogP contribution in [0.25, 0.3) is 0 Å². The van der Waals surface area contributed by atoms with Gasteiger partial charge in [-0.3, -0.25) is 10.1 Å². The van der Waals surface area contributed by atoms with Gasteiger partial charge in [0.25, 0.3) is 5.69 Å². The summed E-state index contributed by atoms with van der Waals surface area (Å²) in [6.45, 7) is 6.12. The predicted molar refractivity (Wildman–Crippen MR) is 85.0 cm³/mol. The highest BCUT2D eigenvalue weighted by atomic mass is 16.6. The number of nitrogens with zero attached hydrogens (tertiary/aromatic N) is 1. The van der Waals surface area contributed by atoms with Crippen LogP contribution in [0.5, 0.6) is 0 Å². The monoisotopic (exact) mass is 307 g/mol.